The van der Waals surface area contributed by atoms with Gasteiger partial charge in [-0.1, -0.05) is 17.8 Å². The van der Waals surface area contributed by atoms with Crippen LogP contribution in [0.3, 0.4) is 0 Å². The van der Waals surface area contributed by atoms with Crippen LogP contribution in [0.15, 0.2) is 28.0 Å². The van der Waals surface area contributed by atoms with Crippen molar-refractivity contribution in [2.75, 3.05) is 0 Å². The van der Waals surface area contributed by atoms with Crippen LogP contribution in [0.2, 0.25) is 0 Å². The number of benzene rings is 1. The number of hydrogen-bond donors (Lipinski definition) is 1. The normalized spacial score (nSPS) is 17.5. The first-order chi connectivity index (χ1) is 10.4. The molecule has 1 aromatic heterocycles. The summed E-state index contributed by atoms with van der Waals surface area (Å²) < 4.78 is 28.4. The van der Waals surface area contributed by atoms with Gasteiger partial charge in [0.05, 0.1) is 15.9 Å². The maximum Gasteiger partial charge on any atom is 0.271 e. The van der Waals surface area contributed by atoms with Crippen LogP contribution in [-0.4, -0.2) is 14.8 Å². The van der Waals surface area contributed by atoms with Crippen LogP contribution in [0.5, 0.6) is 0 Å². The molecule has 0 fully saturated rings. The van der Waals surface area contributed by atoms with Crippen LogP contribution < -0.4 is 5.56 Å². The number of hydrogen-bond acceptors (Lipinski definition) is 3. The number of fused-ring (bicyclic) bond motifs is 1. The first kappa shape index (κ1) is 15.0. The number of aliphatic imine (C=N–C) groups is 1. The summed E-state index contributed by atoms with van der Waals surface area (Å²) >= 11 is 1.36. The highest BCUT2D eigenvalue weighted by atomic mass is 32.2. The van der Waals surface area contributed by atoms with E-state index in [-0.39, 0.29) is 11.6 Å². The Bertz CT molecular complexity index is 823. The van der Waals surface area contributed by atoms with Crippen LogP contribution in [0, 0.1) is 11.6 Å². The third-order valence-electron chi connectivity index (χ3n) is 3.51. The summed E-state index contributed by atoms with van der Waals surface area (Å²) in [6.07, 6.45) is 0. The molecule has 4 nitrogen and oxygen atoms in total. The number of nitrogens with zero attached hydrogens (tertiary/aromatic N) is 2. The molecule has 0 unspecified atom stereocenters. The van der Waals surface area contributed by atoms with E-state index >= 15 is 0 Å². The summed E-state index contributed by atoms with van der Waals surface area (Å²) in [6, 6.07) is 3.77. The Morgan fingerprint density at radius 3 is 2.68 bits per heavy atom. The first-order valence-corrected chi connectivity index (χ1v) is 7.77. The molecule has 7 heteroatoms. The Kier molecular flexibility index (Phi) is 3.68. The Hall–Kier alpha value is -1.89. The molecular formula is C15H15F2N3OS. The molecule has 116 valence electrons. The molecule has 1 aliphatic heterocycles. The van der Waals surface area contributed by atoms with Gasteiger partial charge in [0.25, 0.3) is 5.56 Å². The van der Waals surface area contributed by atoms with E-state index in [0.717, 1.165) is 17.2 Å². The predicted octanol–water partition coefficient (Wildman–Crippen LogP) is 3.92. The molecular weight excluding hydrogens is 308 g/mol. The van der Waals surface area contributed by atoms with Gasteiger partial charge in [-0.15, -0.1) is 0 Å². The zero-order chi connectivity index (χ0) is 16.0. The van der Waals surface area contributed by atoms with Gasteiger partial charge < -0.3 is 0 Å². The smallest absolute Gasteiger partial charge is 0.268 e. The zero-order valence-corrected chi connectivity index (χ0v) is 13.2. The summed E-state index contributed by atoms with van der Waals surface area (Å²) in [6.45, 7) is 5.72. The van der Waals surface area contributed by atoms with Crippen molar-refractivity contribution in [3.8, 4) is 0 Å². The number of halogens is 2. The second-order valence-electron chi connectivity index (χ2n) is 5.44. The Balaban J connectivity index is 2.19. The van der Waals surface area contributed by atoms with E-state index < -0.39 is 16.9 Å². The van der Waals surface area contributed by atoms with Gasteiger partial charge in [0.15, 0.2) is 17.5 Å². The third kappa shape index (κ3) is 2.39. The van der Waals surface area contributed by atoms with Crippen molar-refractivity contribution in [3.63, 3.8) is 0 Å². The second kappa shape index (κ2) is 5.39. The fraction of sp³-hybridized carbons (Fsp3) is 0.333. The van der Waals surface area contributed by atoms with Crippen LogP contribution in [0.4, 0.5) is 14.6 Å². The highest BCUT2D eigenvalue weighted by molar-refractivity contribution is 8.14. The fourth-order valence-electron chi connectivity index (χ4n) is 2.49. The van der Waals surface area contributed by atoms with E-state index in [4.69, 9.17) is 0 Å². The molecule has 2 heterocycles. The molecule has 0 radical (unpaired) electrons. The maximum absolute atomic E-state index is 13.5. The molecule has 0 amide bonds. The van der Waals surface area contributed by atoms with Gasteiger partial charge in [-0.05, 0) is 38.5 Å². The van der Waals surface area contributed by atoms with Crippen molar-refractivity contribution in [2.24, 2.45) is 4.99 Å². The van der Waals surface area contributed by atoms with E-state index in [1.165, 1.54) is 17.8 Å². The lowest BCUT2D eigenvalue weighted by atomic mass is 10.1. The monoisotopic (exact) mass is 323 g/mol. The van der Waals surface area contributed by atoms with Gasteiger partial charge in [-0.25, -0.2) is 13.8 Å². The van der Waals surface area contributed by atoms with Crippen molar-refractivity contribution in [2.45, 2.75) is 32.1 Å². The fourth-order valence-corrected chi connectivity index (χ4v) is 3.59. The SMILES string of the molecule is CC1=Nc2c(c(=O)[nH]n2C(C)C)[C@@H](c2ccc(F)c(F)c2)S1. The van der Waals surface area contributed by atoms with Gasteiger partial charge in [0, 0.05) is 6.04 Å². The standard InChI is InChI=1S/C15H15F2N3OS/c1-7(2)20-14-12(15(21)19-20)13(22-8(3)18-14)9-4-5-10(16)11(17)6-9/h4-7,13H,1-3H3,(H,19,21)/t13-/m1/s1. The predicted molar refractivity (Wildman–Crippen MR) is 84.0 cm³/mol. The zero-order valence-electron chi connectivity index (χ0n) is 12.4. The highest BCUT2D eigenvalue weighted by Crippen LogP contribution is 2.44. The molecule has 1 aliphatic rings. The summed E-state index contributed by atoms with van der Waals surface area (Å²) in [4.78, 5) is 16.8. The largest absolute Gasteiger partial charge is 0.271 e. The van der Waals surface area contributed by atoms with Crippen molar-refractivity contribution in [3.05, 3.63) is 51.3 Å². The van der Waals surface area contributed by atoms with E-state index in [9.17, 15) is 13.6 Å². The number of H-pyrrole nitrogens is 1. The number of aromatic amines is 1. The first-order valence-electron chi connectivity index (χ1n) is 6.89. The minimum Gasteiger partial charge on any atom is -0.268 e. The minimum absolute atomic E-state index is 0.0432. The van der Waals surface area contributed by atoms with Crippen molar-refractivity contribution in [1.82, 2.24) is 9.78 Å². The van der Waals surface area contributed by atoms with Gasteiger partial charge >= 0.3 is 0 Å². The lowest BCUT2D eigenvalue weighted by molar-refractivity contribution is 0.507. The number of nitrogens with one attached hydrogen (secondary N) is 1. The van der Waals surface area contributed by atoms with Crippen molar-refractivity contribution >= 4 is 22.6 Å². The van der Waals surface area contributed by atoms with E-state index in [0.29, 0.717) is 16.9 Å². The van der Waals surface area contributed by atoms with Gasteiger partial charge in [0.2, 0.25) is 0 Å². The summed E-state index contributed by atoms with van der Waals surface area (Å²) in [5, 5.41) is 3.15. The molecule has 0 bridgehead atoms. The Morgan fingerprint density at radius 2 is 2.05 bits per heavy atom. The molecule has 22 heavy (non-hydrogen) atoms. The molecule has 3 rings (SSSR count). The molecule has 0 aliphatic carbocycles. The van der Waals surface area contributed by atoms with Gasteiger partial charge in [-0.2, -0.15) is 0 Å². The number of aromatic nitrogens is 2. The van der Waals surface area contributed by atoms with Crippen LogP contribution in [-0.2, 0) is 0 Å². The van der Waals surface area contributed by atoms with Crippen LogP contribution >= 0.6 is 11.8 Å². The highest BCUT2D eigenvalue weighted by Gasteiger charge is 2.31. The van der Waals surface area contributed by atoms with Gasteiger partial charge in [0.1, 0.15) is 0 Å². The molecule has 2 aromatic rings. The molecule has 0 saturated carbocycles. The summed E-state index contributed by atoms with van der Waals surface area (Å²) in [5.41, 5.74) is 0.781. The molecule has 1 aromatic carbocycles. The van der Waals surface area contributed by atoms with Crippen molar-refractivity contribution < 1.29 is 8.78 Å². The van der Waals surface area contributed by atoms with E-state index in [2.05, 4.69) is 10.1 Å². The molecule has 1 atom stereocenters. The Labute approximate surface area is 130 Å². The quantitative estimate of drug-likeness (QED) is 0.910. The van der Waals surface area contributed by atoms with Crippen molar-refractivity contribution in [1.29, 1.82) is 0 Å². The average molecular weight is 323 g/mol. The number of rotatable bonds is 2. The second-order valence-corrected chi connectivity index (χ2v) is 6.74. The van der Waals surface area contributed by atoms with Crippen LogP contribution in [0.1, 0.15) is 43.2 Å². The lowest BCUT2D eigenvalue weighted by Gasteiger charge is -2.21. The van der Waals surface area contributed by atoms with Gasteiger partial charge in [-0.3, -0.25) is 14.6 Å². The molecule has 0 saturated heterocycles. The number of thioether (sulfide) groups is 1. The maximum atomic E-state index is 13.5. The lowest BCUT2D eigenvalue weighted by Crippen LogP contribution is -2.13. The minimum atomic E-state index is -0.917. The third-order valence-corrected chi connectivity index (χ3v) is 4.69. The summed E-state index contributed by atoms with van der Waals surface area (Å²) in [5.74, 6) is -1.26. The van der Waals surface area contributed by atoms with E-state index in [1.807, 2.05) is 20.8 Å². The topological polar surface area (TPSA) is 50.1 Å². The average Bonchev–Trinajstić information content (AvgIpc) is 2.78. The van der Waals surface area contributed by atoms with Crippen LogP contribution in [0.25, 0.3) is 0 Å². The van der Waals surface area contributed by atoms with E-state index in [1.54, 1.807) is 4.68 Å². The Morgan fingerprint density at radius 1 is 1.32 bits per heavy atom. The summed E-state index contributed by atoms with van der Waals surface area (Å²) in [7, 11) is 0. The molecule has 1 N–H and O–H groups in total. The molecule has 0 spiro atoms.